The number of esters is 2. The minimum Gasteiger partial charge on any atom is -0.508 e. The van der Waals surface area contributed by atoms with Gasteiger partial charge in [0.05, 0.1) is 18.9 Å². The van der Waals surface area contributed by atoms with Gasteiger partial charge in [0.2, 0.25) is 0 Å². The Morgan fingerprint density at radius 3 is 2.55 bits per heavy atom. The van der Waals surface area contributed by atoms with Gasteiger partial charge in [-0.05, 0) is 103 Å². The fraction of sp³-hybridized carbons (Fsp3) is 0.432. The van der Waals surface area contributed by atoms with Crippen LogP contribution in [0.15, 0.2) is 66.2 Å². The number of aryl methyl sites for hydroxylation is 1. The lowest BCUT2D eigenvalue weighted by molar-refractivity contribution is -0.191. The molecule has 2 aliphatic carbocycles. The topological polar surface area (TPSA) is 151 Å². The predicted molar refractivity (Wildman–Crippen MR) is 194 cm³/mol. The zero-order chi connectivity index (χ0) is 36.9. The Hall–Kier alpha value is -4.91. The third-order valence-corrected chi connectivity index (χ3v) is 12.3. The van der Waals surface area contributed by atoms with Crippen molar-refractivity contribution in [1.29, 1.82) is 0 Å². The number of aliphatic hydroxyl groups is 2. The summed E-state index contributed by atoms with van der Waals surface area (Å²) in [5, 5.41) is 44.9. The number of hydrogen-bond acceptors (Lipinski definition) is 9. The number of phenols is 2. The second-order valence-electron chi connectivity index (χ2n) is 15.5. The van der Waals surface area contributed by atoms with Gasteiger partial charge in [0, 0.05) is 41.9 Å². The molecule has 0 spiro atoms. The van der Waals surface area contributed by atoms with Gasteiger partial charge >= 0.3 is 11.9 Å². The average Bonchev–Trinajstić information content (AvgIpc) is 3.14. The van der Waals surface area contributed by atoms with Gasteiger partial charge in [-0.1, -0.05) is 54.7 Å². The van der Waals surface area contributed by atoms with E-state index in [9.17, 15) is 34.8 Å². The van der Waals surface area contributed by atoms with E-state index in [0.717, 1.165) is 17.5 Å². The van der Waals surface area contributed by atoms with Crippen LogP contribution in [0.3, 0.4) is 0 Å². The molecule has 3 heterocycles. The molecule has 53 heavy (non-hydrogen) atoms. The number of Topliss-reactive ketones (excluding diaryl/α,β-unsaturated/α-hetero) is 1. The van der Waals surface area contributed by atoms with Gasteiger partial charge in [0.15, 0.2) is 0 Å². The van der Waals surface area contributed by atoms with Crippen LogP contribution in [0.5, 0.6) is 17.2 Å². The van der Waals surface area contributed by atoms with Gasteiger partial charge in [-0.2, -0.15) is 0 Å². The number of aromatic hydroxyl groups is 2. The Labute approximate surface area is 308 Å². The Bertz CT molecular complexity index is 2070. The molecule has 0 aromatic heterocycles. The molecule has 3 aromatic rings. The summed E-state index contributed by atoms with van der Waals surface area (Å²) in [6.07, 6.45) is 5.18. The van der Waals surface area contributed by atoms with E-state index >= 15 is 0 Å². The number of benzene rings is 3. The number of carbonyl (C=O) groups is 3. The fourth-order valence-electron chi connectivity index (χ4n) is 9.66. The summed E-state index contributed by atoms with van der Waals surface area (Å²) in [4.78, 5) is 41.0. The molecule has 274 valence electrons. The SMILES string of the molecule is O=C1C[C@H]2C#C[C@@H](c3cc(O)cc(CO)c3)C/C3=C/CCc4cccc(c4)C[C@H]4C(=O)CC[C@@H]5[C@@H]4CCC[C@@]5(O)[C@@H](Cc4cc2c(cc4O)O1)OC3=O. The molecule has 0 saturated heterocycles. The van der Waals surface area contributed by atoms with E-state index in [0.29, 0.717) is 72.8 Å². The van der Waals surface area contributed by atoms with Crippen LogP contribution in [0, 0.1) is 29.6 Å². The van der Waals surface area contributed by atoms with Gasteiger partial charge in [0.25, 0.3) is 0 Å². The number of phenolic OH excluding ortho intramolecular Hbond substituents is 2. The van der Waals surface area contributed by atoms with Crippen molar-refractivity contribution in [1.82, 2.24) is 0 Å². The smallest absolute Gasteiger partial charge is 0.334 e. The molecule has 7 atom stereocenters. The van der Waals surface area contributed by atoms with Crippen LogP contribution >= 0.6 is 0 Å². The van der Waals surface area contributed by atoms with Crippen molar-refractivity contribution < 1.29 is 44.3 Å². The maximum absolute atomic E-state index is 14.6. The first-order chi connectivity index (χ1) is 25.6. The van der Waals surface area contributed by atoms with Crippen LogP contribution in [0.25, 0.3) is 0 Å². The lowest BCUT2D eigenvalue weighted by Gasteiger charge is -2.52. The number of ether oxygens (including phenoxy) is 2. The van der Waals surface area contributed by atoms with Crippen LogP contribution in [-0.4, -0.2) is 49.9 Å². The maximum Gasteiger partial charge on any atom is 0.334 e. The molecule has 10 bridgehead atoms. The second-order valence-corrected chi connectivity index (χ2v) is 15.5. The molecule has 2 fully saturated rings. The summed E-state index contributed by atoms with van der Waals surface area (Å²) in [7, 11) is 0. The van der Waals surface area contributed by atoms with Gasteiger partial charge in [0.1, 0.15) is 34.7 Å². The summed E-state index contributed by atoms with van der Waals surface area (Å²) < 4.78 is 12.1. The lowest BCUT2D eigenvalue weighted by atomic mass is 9.56. The highest BCUT2D eigenvalue weighted by molar-refractivity contribution is 5.89. The largest absolute Gasteiger partial charge is 0.508 e. The summed E-state index contributed by atoms with van der Waals surface area (Å²) in [5.41, 5.74) is 3.12. The van der Waals surface area contributed by atoms with E-state index in [2.05, 4.69) is 24.0 Å². The Morgan fingerprint density at radius 1 is 0.868 bits per heavy atom. The van der Waals surface area contributed by atoms with Crippen molar-refractivity contribution in [3.63, 3.8) is 0 Å². The standard InChI is InChI=1S/C44H44O9/c45-24-27-15-31(19-33(46)16-27)28-9-10-29-22-42(49)52-40-23-39(48)32(20-35(29)40)21-41-44(51)13-3-8-34-36(38(47)12-11-37(34)44)17-26-6-1-4-25(14-26)5-2-7-30(18-28)43(50)53-41/h1,4,6-7,14-16,19-20,23,28-29,34,36-37,41,45-46,48,51H,2-3,5,8,11-13,17-18,21-22,24H2/b30-7-/t28-,29-,34-,36-,37-,41-,44+/m1/s1. The van der Waals surface area contributed by atoms with Crippen molar-refractivity contribution in [3.05, 3.63) is 99.6 Å². The van der Waals surface area contributed by atoms with Gasteiger partial charge in [-0.3, -0.25) is 9.59 Å². The minimum atomic E-state index is -1.49. The average molecular weight is 717 g/mol. The van der Waals surface area contributed by atoms with Gasteiger partial charge in [-0.15, -0.1) is 0 Å². The molecular weight excluding hydrogens is 672 g/mol. The zero-order valence-corrected chi connectivity index (χ0v) is 29.6. The first-order valence-corrected chi connectivity index (χ1v) is 18.8. The van der Waals surface area contributed by atoms with E-state index in [4.69, 9.17) is 9.47 Å². The molecular formula is C44H44O9. The third kappa shape index (κ3) is 6.87. The van der Waals surface area contributed by atoms with Crippen LogP contribution in [0.2, 0.25) is 0 Å². The monoisotopic (exact) mass is 716 g/mol. The molecule has 8 rings (SSSR count). The Balaban J connectivity index is 1.31. The van der Waals surface area contributed by atoms with Crippen LogP contribution in [0.4, 0.5) is 0 Å². The number of fused-ring (bicyclic) bond motifs is 7. The van der Waals surface area contributed by atoms with Gasteiger partial charge in [-0.25, -0.2) is 4.79 Å². The molecule has 9 nitrogen and oxygen atoms in total. The highest BCUT2D eigenvalue weighted by atomic mass is 16.6. The summed E-state index contributed by atoms with van der Waals surface area (Å²) in [5.74, 6) is 3.75. The second kappa shape index (κ2) is 14.1. The minimum absolute atomic E-state index is 0.00117. The van der Waals surface area contributed by atoms with E-state index in [1.54, 1.807) is 18.2 Å². The lowest BCUT2D eigenvalue weighted by Crippen LogP contribution is -2.59. The number of allylic oxidation sites excluding steroid dienone is 1. The molecule has 0 amide bonds. The third-order valence-electron chi connectivity index (χ3n) is 12.3. The van der Waals surface area contributed by atoms with Crippen molar-refractivity contribution in [2.45, 2.75) is 101 Å². The van der Waals surface area contributed by atoms with Crippen molar-refractivity contribution >= 4 is 17.7 Å². The number of aliphatic hydroxyl groups excluding tert-OH is 1. The number of rotatable bonds is 2. The summed E-state index contributed by atoms with van der Waals surface area (Å²) in [6, 6.07) is 16.2. The normalized spacial score (nSPS) is 30.7. The van der Waals surface area contributed by atoms with E-state index in [1.165, 1.54) is 12.1 Å². The van der Waals surface area contributed by atoms with Crippen molar-refractivity contribution in [2.24, 2.45) is 17.8 Å². The van der Waals surface area contributed by atoms with Crippen LogP contribution < -0.4 is 4.74 Å². The molecule has 2 saturated carbocycles. The predicted octanol–water partition coefficient (Wildman–Crippen LogP) is 5.87. The van der Waals surface area contributed by atoms with Crippen LogP contribution in [-0.2, 0) is 45.0 Å². The summed E-state index contributed by atoms with van der Waals surface area (Å²) >= 11 is 0. The van der Waals surface area contributed by atoms with Crippen LogP contribution in [0.1, 0.15) is 96.6 Å². The van der Waals surface area contributed by atoms with E-state index < -0.39 is 35.5 Å². The molecule has 9 heteroatoms. The molecule has 3 aromatic carbocycles. The Kier molecular flexibility index (Phi) is 9.38. The molecule has 0 radical (unpaired) electrons. The highest BCUT2D eigenvalue weighted by Crippen LogP contribution is 2.51. The van der Waals surface area contributed by atoms with E-state index in [1.807, 2.05) is 18.2 Å². The van der Waals surface area contributed by atoms with Crippen molar-refractivity contribution in [3.8, 4) is 29.1 Å². The Morgan fingerprint density at radius 2 is 1.70 bits per heavy atom. The number of hydrogen-bond donors (Lipinski definition) is 4. The number of carbonyl (C=O) groups excluding carboxylic acids is 3. The first kappa shape index (κ1) is 35.1. The molecule has 4 N–H and O–H groups in total. The zero-order valence-electron chi connectivity index (χ0n) is 29.6. The quantitative estimate of drug-likeness (QED) is 0.145. The highest BCUT2D eigenvalue weighted by Gasteiger charge is 2.55. The molecule has 3 aliphatic heterocycles. The first-order valence-electron chi connectivity index (χ1n) is 18.8. The molecule has 5 aliphatic rings. The fourth-order valence-corrected chi connectivity index (χ4v) is 9.66. The van der Waals surface area contributed by atoms with Gasteiger partial charge < -0.3 is 29.9 Å². The van der Waals surface area contributed by atoms with E-state index in [-0.39, 0.29) is 66.7 Å². The summed E-state index contributed by atoms with van der Waals surface area (Å²) in [6.45, 7) is -0.311. The maximum atomic E-state index is 14.6. The number of ketones is 1. The van der Waals surface area contributed by atoms with Crippen molar-refractivity contribution in [2.75, 3.05) is 0 Å². The molecule has 0 unspecified atom stereocenters.